The van der Waals surface area contributed by atoms with Crippen LogP contribution in [0.25, 0.3) is 11.0 Å². The maximum Gasteiger partial charge on any atom is 0.227 e. The lowest BCUT2D eigenvalue weighted by molar-refractivity contribution is -0.120. The summed E-state index contributed by atoms with van der Waals surface area (Å²) in [4.78, 5) is 20.1. The number of hydrogen-bond acceptors (Lipinski definition) is 2. The van der Waals surface area contributed by atoms with Gasteiger partial charge in [-0.25, -0.2) is 4.98 Å². The summed E-state index contributed by atoms with van der Waals surface area (Å²) in [5.41, 5.74) is 4.18. The maximum atomic E-state index is 12.0. The predicted molar refractivity (Wildman–Crippen MR) is 85.7 cm³/mol. The third-order valence-corrected chi connectivity index (χ3v) is 4.23. The average molecular weight is 291 g/mol. The molecule has 1 unspecified atom stereocenters. The zero-order chi connectivity index (χ0) is 14.9. The van der Waals surface area contributed by atoms with Gasteiger partial charge in [-0.3, -0.25) is 4.79 Å². The standard InChI is InChI=1S/C18H17N3O/c22-18-14(9-10-19-18)13-7-4-8-15-17(13)21-16(20-15)11-12-5-2-1-3-6-12/h1-8,14H,9-11H2,(H,19,22)(H,20,21). The van der Waals surface area contributed by atoms with E-state index in [1.165, 1.54) is 5.56 Å². The van der Waals surface area contributed by atoms with Gasteiger partial charge in [-0.2, -0.15) is 0 Å². The highest BCUT2D eigenvalue weighted by molar-refractivity contribution is 5.91. The van der Waals surface area contributed by atoms with Crippen molar-refractivity contribution in [3.63, 3.8) is 0 Å². The van der Waals surface area contributed by atoms with E-state index >= 15 is 0 Å². The molecule has 1 amide bonds. The summed E-state index contributed by atoms with van der Waals surface area (Å²) < 4.78 is 0. The molecule has 3 aromatic rings. The van der Waals surface area contributed by atoms with Crippen molar-refractivity contribution >= 4 is 16.9 Å². The highest BCUT2D eigenvalue weighted by Gasteiger charge is 2.28. The van der Waals surface area contributed by atoms with Crippen LogP contribution in [0.2, 0.25) is 0 Å². The number of aromatic amines is 1. The van der Waals surface area contributed by atoms with Gasteiger partial charge in [0, 0.05) is 13.0 Å². The van der Waals surface area contributed by atoms with Crippen LogP contribution in [0.3, 0.4) is 0 Å². The molecule has 1 aliphatic rings. The summed E-state index contributed by atoms with van der Waals surface area (Å²) in [5.74, 6) is 0.976. The lowest BCUT2D eigenvalue weighted by Crippen LogP contribution is -2.18. The molecular formula is C18H17N3O. The van der Waals surface area contributed by atoms with Crippen LogP contribution in [0.5, 0.6) is 0 Å². The second-order valence-electron chi connectivity index (χ2n) is 5.72. The second-order valence-corrected chi connectivity index (χ2v) is 5.72. The Morgan fingerprint density at radius 3 is 2.73 bits per heavy atom. The first-order chi connectivity index (χ1) is 10.8. The molecule has 4 rings (SSSR count). The summed E-state index contributed by atoms with van der Waals surface area (Å²) in [5, 5.41) is 2.90. The van der Waals surface area contributed by atoms with Gasteiger partial charge in [0.2, 0.25) is 5.91 Å². The summed E-state index contributed by atoms with van der Waals surface area (Å²) in [6.07, 6.45) is 1.62. The van der Waals surface area contributed by atoms with E-state index in [0.717, 1.165) is 41.8 Å². The molecule has 2 N–H and O–H groups in total. The normalized spacial score (nSPS) is 17.8. The SMILES string of the molecule is O=C1NCCC1c1cccc2[nH]c(Cc3ccccc3)nc12. The Labute approximate surface area is 128 Å². The minimum atomic E-state index is -0.0726. The van der Waals surface area contributed by atoms with Gasteiger partial charge in [0.05, 0.1) is 17.0 Å². The molecule has 2 aromatic carbocycles. The number of hydrogen-bond donors (Lipinski definition) is 2. The van der Waals surface area contributed by atoms with E-state index in [4.69, 9.17) is 4.98 Å². The number of H-pyrrole nitrogens is 1. The molecular weight excluding hydrogens is 274 g/mol. The van der Waals surface area contributed by atoms with Crippen molar-refractivity contribution in [2.24, 2.45) is 0 Å². The molecule has 2 heterocycles. The molecule has 0 radical (unpaired) electrons. The van der Waals surface area contributed by atoms with Gasteiger partial charge in [-0.05, 0) is 23.6 Å². The summed E-state index contributed by atoms with van der Waals surface area (Å²) in [6.45, 7) is 0.751. The minimum Gasteiger partial charge on any atom is -0.356 e. The lowest BCUT2D eigenvalue weighted by atomic mass is 9.96. The van der Waals surface area contributed by atoms with E-state index in [2.05, 4.69) is 22.4 Å². The molecule has 4 nitrogen and oxygen atoms in total. The maximum absolute atomic E-state index is 12.0. The first kappa shape index (κ1) is 13.1. The highest BCUT2D eigenvalue weighted by Crippen LogP contribution is 2.29. The topological polar surface area (TPSA) is 57.8 Å². The van der Waals surface area contributed by atoms with Crippen molar-refractivity contribution in [3.8, 4) is 0 Å². The van der Waals surface area contributed by atoms with E-state index in [9.17, 15) is 4.79 Å². The fraction of sp³-hybridized carbons (Fsp3) is 0.222. The van der Waals surface area contributed by atoms with Gasteiger partial charge < -0.3 is 10.3 Å². The minimum absolute atomic E-state index is 0.0726. The first-order valence-electron chi connectivity index (χ1n) is 7.60. The molecule has 4 heteroatoms. The van der Waals surface area contributed by atoms with Crippen LogP contribution < -0.4 is 5.32 Å². The molecule has 0 bridgehead atoms. The number of carbonyl (C=O) groups excluding carboxylic acids is 1. The predicted octanol–water partition coefficient (Wildman–Crippen LogP) is 2.76. The number of benzene rings is 2. The Morgan fingerprint density at radius 2 is 1.95 bits per heavy atom. The summed E-state index contributed by atoms with van der Waals surface area (Å²) >= 11 is 0. The molecule has 0 spiro atoms. The largest absolute Gasteiger partial charge is 0.356 e. The van der Waals surface area contributed by atoms with Crippen molar-refractivity contribution in [1.29, 1.82) is 0 Å². The number of nitrogens with one attached hydrogen (secondary N) is 2. The van der Waals surface area contributed by atoms with Crippen LogP contribution in [0.15, 0.2) is 48.5 Å². The Balaban J connectivity index is 1.73. The van der Waals surface area contributed by atoms with E-state index in [-0.39, 0.29) is 11.8 Å². The first-order valence-corrected chi connectivity index (χ1v) is 7.60. The quantitative estimate of drug-likeness (QED) is 0.779. The number of rotatable bonds is 3. The lowest BCUT2D eigenvalue weighted by Gasteiger charge is -2.07. The van der Waals surface area contributed by atoms with Gasteiger partial charge in [0.15, 0.2) is 0 Å². The van der Waals surface area contributed by atoms with Crippen molar-refractivity contribution in [2.45, 2.75) is 18.8 Å². The van der Waals surface area contributed by atoms with Crippen LogP contribution >= 0.6 is 0 Å². The van der Waals surface area contributed by atoms with E-state index in [1.807, 2.05) is 36.4 Å². The Kier molecular flexibility index (Phi) is 3.15. The second kappa shape index (κ2) is 5.30. The number of amides is 1. The van der Waals surface area contributed by atoms with Crippen LogP contribution in [0.4, 0.5) is 0 Å². The number of nitrogens with zero attached hydrogens (tertiary/aromatic N) is 1. The van der Waals surface area contributed by atoms with E-state index in [0.29, 0.717) is 0 Å². The van der Waals surface area contributed by atoms with Gasteiger partial charge in [0.25, 0.3) is 0 Å². The zero-order valence-corrected chi connectivity index (χ0v) is 12.2. The fourth-order valence-corrected chi connectivity index (χ4v) is 3.15. The number of fused-ring (bicyclic) bond motifs is 1. The Hall–Kier alpha value is -2.62. The van der Waals surface area contributed by atoms with Gasteiger partial charge in [-0.1, -0.05) is 42.5 Å². The molecule has 110 valence electrons. The van der Waals surface area contributed by atoms with Crippen LogP contribution in [-0.4, -0.2) is 22.4 Å². The molecule has 1 saturated heterocycles. The van der Waals surface area contributed by atoms with Crippen LogP contribution in [-0.2, 0) is 11.2 Å². The zero-order valence-electron chi connectivity index (χ0n) is 12.2. The fourth-order valence-electron chi connectivity index (χ4n) is 3.15. The van der Waals surface area contributed by atoms with E-state index in [1.54, 1.807) is 0 Å². The van der Waals surface area contributed by atoms with Crippen molar-refractivity contribution in [1.82, 2.24) is 15.3 Å². The van der Waals surface area contributed by atoms with E-state index < -0.39 is 0 Å². The molecule has 1 atom stereocenters. The molecule has 0 saturated carbocycles. The summed E-state index contributed by atoms with van der Waals surface area (Å²) in [6, 6.07) is 16.3. The van der Waals surface area contributed by atoms with Crippen molar-refractivity contribution in [2.75, 3.05) is 6.54 Å². The molecule has 22 heavy (non-hydrogen) atoms. The monoisotopic (exact) mass is 291 g/mol. The van der Waals surface area contributed by atoms with Gasteiger partial charge in [0.1, 0.15) is 5.82 Å². The van der Waals surface area contributed by atoms with Crippen molar-refractivity contribution < 1.29 is 4.79 Å². The molecule has 1 fully saturated rings. The van der Waals surface area contributed by atoms with Crippen molar-refractivity contribution in [3.05, 3.63) is 65.5 Å². The van der Waals surface area contributed by atoms with Crippen LogP contribution in [0.1, 0.15) is 29.3 Å². The number of para-hydroxylation sites is 1. The highest BCUT2D eigenvalue weighted by atomic mass is 16.2. The third kappa shape index (κ3) is 2.26. The Bertz CT molecular complexity index is 823. The average Bonchev–Trinajstić information content (AvgIpc) is 3.13. The molecule has 1 aliphatic heterocycles. The number of carbonyl (C=O) groups is 1. The summed E-state index contributed by atoms with van der Waals surface area (Å²) in [7, 11) is 0. The third-order valence-electron chi connectivity index (χ3n) is 4.23. The number of aromatic nitrogens is 2. The van der Waals surface area contributed by atoms with Gasteiger partial charge in [-0.15, -0.1) is 0 Å². The number of imidazole rings is 1. The molecule has 1 aromatic heterocycles. The van der Waals surface area contributed by atoms with Crippen LogP contribution in [0, 0.1) is 0 Å². The molecule has 0 aliphatic carbocycles. The smallest absolute Gasteiger partial charge is 0.227 e. The Morgan fingerprint density at radius 1 is 1.09 bits per heavy atom. The van der Waals surface area contributed by atoms with Gasteiger partial charge >= 0.3 is 0 Å².